The second-order valence-electron chi connectivity index (χ2n) is 6.99. The molecule has 0 N–H and O–H groups in total. The van der Waals surface area contributed by atoms with Crippen LogP contribution in [0.1, 0.15) is 24.7 Å². The molecule has 0 spiro atoms. The lowest BCUT2D eigenvalue weighted by Gasteiger charge is -2.31. The normalized spacial score (nSPS) is 18.5. The molecule has 0 aliphatic carbocycles. The van der Waals surface area contributed by atoms with Gasteiger partial charge in [0.1, 0.15) is 5.52 Å². The molecule has 2 aromatic carbocycles. The van der Waals surface area contributed by atoms with Crippen LogP contribution in [-0.4, -0.2) is 27.5 Å². The van der Waals surface area contributed by atoms with Crippen molar-refractivity contribution in [2.24, 2.45) is 0 Å². The second kappa shape index (κ2) is 6.65. The number of piperidine rings is 1. The Balaban J connectivity index is 1.40. The molecular weight excluding hydrogens is 410 g/mol. The number of likely N-dealkylation sites (tertiary alicyclic amines) is 1. The Morgan fingerprint density at radius 2 is 2.04 bits per heavy atom. The molecule has 0 bridgehead atoms. The van der Waals surface area contributed by atoms with Crippen molar-refractivity contribution in [1.82, 2.24) is 14.5 Å². The van der Waals surface area contributed by atoms with Crippen molar-refractivity contribution in [1.29, 1.82) is 0 Å². The van der Waals surface area contributed by atoms with E-state index in [0.717, 1.165) is 52.9 Å². The largest absolute Gasteiger partial charge is 0.440 e. The van der Waals surface area contributed by atoms with Crippen LogP contribution in [0.15, 0.2) is 60.6 Å². The third-order valence-corrected chi connectivity index (χ3v) is 5.63. The van der Waals surface area contributed by atoms with Gasteiger partial charge in [-0.05, 0) is 49.7 Å². The van der Waals surface area contributed by atoms with Gasteiger partial charge >= 0.3 is 5.76 Å². The fourth-order valence-electron chi connectivity index (χ4n) is 3.82. The van der Waals surface area contributed by atoms with E-state index in [-0.39, 0.29) is 11.7 Å². The van der Waals surface area contributed by atoms with Gasteiger partial charge in [-0.15, -0.1) is 0 Å². The first kappa shape index (κ1) is 16.8. The van der Waals surface area contributed by atoms with Gasteiger partial charge in [-0.1, -0.05) is 28.1 Å². The summed E-state index contributed by atoms with van der Waals surface area (Å²) in [5, 5.41) is 0. The lowest BCUT2D eigenvalue weighted by molar-refractivity contribution is 0.153. The van der Waals surface area contributed by atoms with Crippen LogP contribution in [0, 0.1) is 0 Å². The summed E-state index contributed by atoms with van der Waals surface area (Å²) < 4.78 is 13.9. The lowest BCUT2D eigenvalue weighted by atomic mass is 9.98. The van der Waals surface area contributed by atoms with E-state index in [4.69, 9.17) is 8.83 Å². The SMILES string of the molecule is O=c1oc2cc(Br)ccc2n1CN1CCC[C@H](c2nc3ccccc3o2)C1. The first-order valence-electron chi connectivity index (χ1n) is 9.04. The van der Waals surface area contributed by atoms with Crippen molar-refractivity contribution in [3.05, 3.63) is 63.4 Å². The summed E-state index contributed by atoms with van der Waals surface area (Å²) in [6, 6.07) is 13.5. The number of fused-ring (bicyclic) bond motifs is 2. The van der Waals surface area contributed by atoms with E-state index in [1.54, 1.807) is 4.57 Å². The van der Waals surface area contributed by atoms with E-state index < -0.39 is 0 Å². The number of aromatic nitrogens is 2. The average Bonchev–Trinajstić information content (AvgIpc) is 3.23. The van der Waals surface area contributed by atoms with E-state index >= 15 is 0 Å². The summed E-state index contributed by atoms with van der Waals surface area (Å²) in [5.74, 6) is 0.690. The highest BCUT2D eigenvalue weighted by Gasteiger charge is 2.26. The quantitative estimate of drug-likeness (QED) is 0.486. The maximum absolute atomic E-state index is 12.3. The number of hydrogen-bond donors (Lipinski definition) is 0. The number of para-hydroxylation sites is 2. The van der Waals surface area contributed by atoms with Gasteiger partial charge in [-0.25, -0.2) is 9.78 Å². The third-order valence-electron chi connectivity index (χ3n) is 5.14. The van der Waals surface area contributed by atoms with Crippen molar-refractivity contribution < 1.29 is 8.83 Å². The van der Waals surface area contributed by atoms with Crippen LogP contribution in [-0.2, 0) is 6.67 Å². The van der Waals surface area contributed by atoms with Crippen molar-refractivity contribution in [2.75, 3.05) is 13.1 Å². The van der Waals surface area contributed by atoms with Gasteiger partial charge in [0, 0.05) is 16.9 Å². The zero-order chi connectivity index (χ0) is 18.4. The van der Waals surface area contributed by atoms with Crippen LogP contribution in [0.5, 0.6) is 0 Å². The molecule has 0 saturated carbocycles. The molecule has 5 rings (SSSR count). The molecule has 1 saturated heterocycles. The van der Waals surface area contributed by atoms with Crippen molar-refractivity contribution in [3.63, 3.8) is 0 Å². The van der Waals surface area contributed by atoms with Crippen LogP contribution >= 0.6 is 15.9 Å². The number of hydrogen-bond acceptors (Lipinski definition) is 5. The third kappa shape index (κ3) is 3.11. The molecule has 1 atom stereocenters. The molecule has 4 aromatic rings. The van der Waals surface area contributed by atoms with Gasteiger partial charge in [0.15, 0.2) is 17.1 Å². The average molecular weight is 428 g/mol. The summed E-state index contributed by atoms with van der Waals surface area (Å²) in [7, 11) is 0. The molecule has 2 aromatic heterocycles. The van der Waals surface area contributed by atoms with Crippen LogP contribution in [0.4, 0.5) is 0 Å². The Morgan fingerprint density at radius 3 is 2.93 bits per heavy atom. The minimum absolute atomic E-state index is 0.231. The van der Waals surface area contributed by atoms with E-state index in [1.807, 2.05) is 42.5 Å². The zero-order valence-electron chi connectivity index (χ0n) is 14.6. The molecule has 1 aliphatic heterocycles. The highest BCUT2D eigenvalue weighted by atomic mass is 79.9. The van der Waals surface area contributed by atoms with E-state index in [0.29, 0.717) is 12.3 Å². The smallest absolute Gasteiger partial charge is 0.421 e. The van der Waals surface area contributed by atoms with Gasteiger partial charge in [0.2, 0.25) is 0 Å². The zero-order valence-corrected chi connectivity index (χ0v) is 16.2. The van der Waals surface area contributed by atoms with Crippen molar-refractivity contribution >= 4 is 38.1 Å². The summed E-state index contributed by atoms with van der Waals surface area (Å²) in [6.45, 7) is 2.25. The van der Waals surface area contributed by atoms with Gasteiger partial charge in [-0.2, -0.15) is 0 Å². The van der Waals surface area contributed by atoms with Crippen LogP contribution < -0.4 is 5.76 Å². The predicted molar refractivity (Wildman–Crippen MR) is 106 cm³/mol. The molecule has 3 heterocycles. The molecule has 7 heteroatoms. The summed E-state index contributed by atoms with van der Waals surface area (Å²) in [6.07, 6.45) is 2.08. The first-order chi connectivity index (χ1) is 13.2. The Labute approximate surface area is 163 Å². The van der Waals surface area contributed by atoms with Crippen LogP contribution in [0.25, 0.3) is 22.2 Å². The summed E-state index contributed by atoms with van der Waals surface area (Å²) >= 11 is 3.41. The van der Waals surface area contributed by atoms with Crippen LogP contribution in [0.3, 0.4) is 0 Å². The van der Waals surface area contributed by atoms with Crippen LogP contribution in [0.2, 0.25) is 0 Å². The van der Waals surface area contributed by atoms with E-state index in [9.17, 15) is 4.79 Å². The van der Waals surface area contributed by atoms with Gasteiger partial charge < -0.3 is 8.83 Å². The number of halogens is 1. The van der Waals surface area contributed by atoms with Crippen molar-refractivity contribution in [3.8, 4) is 0 Å². The fraction of sp³-hybridized carbons (Fsp3) is 0.300. The highest BCUT2D eigenvalue weighted by Crippen LogP contribution is 2.29. The molecule has 1 aliphatic rings. The Bertz CT molecular complexity index is 1140. The molecule has 1 fully saturated rings. The fourth-order valence-corrected chi connectivity index (χ4v) is 4.16. The number of nitrogens with zero attached hydrogens (tertiary/aromatic N) is 3. The lowest BCUT2D eigenvalue weighted by Crippen LogP contribution is -2.37. The Kier molecular flexibility index (Phi) is 4.13. The molecule has 27 heavy (non-hydrogen) atoms. The number of rotatable bonds is 3. The van der Waals surface area contributed by atoms with E-state index in [2.05, 4.69) is 25.8 Å². The molecule has 6 nitrogen and oxygen atoms in total. The maximum atomic E-state index is 12.3. The predicted octanol–water partition coefficient (Wildman–Crippen LogP) is 4.34. The molecule has 0 radical (unpaired) electrons. The molecule has 0 unspecified atom stereocenters. The van der Waals surface area contributed by atoms with E-state index in [1.165, 1.54) is 0 Å². The standard InChI is InChI=1S/C20H18BrN3O3/c21-14-7-8-16-18(10-14)27-20(25)24(16)12-23-9-3-4-13(11-23)19-22-15-5-1-2-6-17(15)26-19/h1-2,5-8,10,13H,3-4,9,11-12H2/t13-/m0/s1. The second-order valence-corrected chi connectivity index (χ2v) is 7.90. The highest BCUT2D eigenvalue weighted by molar-refractivity contribution is 9.10. The molecule has 138 valence electrons. The monoisotopic (exact) mass is 427 g/mol. The number of benzene rings is 2. The summed E-state index contributed by atoms with van der Waals surface area (Å²) in [4.78, 5) is 19.2. The molecular formula is C20H18BrN3O3. The minimum Gasteiger partial charge on any atom is -0.440 e. The maximum Gasteiger partial charge on any atom is 0.421 e. The topological polar surface area (TPSA) is 64.4 Å². The van der Waals surface area contributed by atoms with Crippen molar-refractivity contribution in [2.45, 2.75) is 25.4 Å². The Morgan fingerprint density at radius 1 is 1.15 bits per heavy atom. The number of oxazole rings is 2. The van der Waals surface area contributed by atoms with Gasteiger partial charge in [0.05, 0.1) is 12.2 Å². The minimum atomic E-state index is -0.327. The summed E-state index contributed by atoms with van der Waals surface area (Å²) in [5.41, 5.74) is 3.13. The first-order valence-corrected chi connectivity index (χ1v) is 9.83. The Hall–Kier alpha value is -2.38. The molecule has 0 amide bonds. The van der Waals surface area contributed by atoms with Gasteiger partial charge in [-0.3, -0.25) is 9.47 Å². The van der Waals surface area contributed by atoms with Gasteiger partial charge in [0.25, 0.3) is 0 Å².